The zero-order chi connectivity index (χ0) is 22.8. The van der Waals surface area contributed by atoms with E-state index < -0.39 is 37.0 Å². The Morgan fingerprint density at radius 1 is 1.13 bits per heavy atom. The van der Waals surface area contributed by atoms with Crippen molar-refractivity contribution < 1.29 is 24.7 Å². The quantitative estimate of drug-likeness (QED) is 0.286. The molecule has 0 bridgehead atoms. The molecule has 0 fully saturated rings. The third kappa shape index (κ3) is 7.74. The second-order valence-electron chi connectivity index (χ2n) is 7.50. The first kappa shape index (κ1) is 25.6. The van der Waals surface area contributed by atoms with Gasteiger partial charge in [0.25, 0.3) is 5.91 Å². The Kier molecular flexibility index (Phi) is 10.4. The SMILES string of the molecule is CC=CC(=CC)c1cccc(C(=O)NC(C(=O)NC(CC(C)C)B(O)O)C(C)O)n1. The molecule has 0 saturated heterocycles. The van der Waals surface area contributed by atoms with E-state index in [1.807, 2.05) is 45.9 Å². The number of carbonyl (C=O) groups excluding carboxylic acids is 2. The van der Waals surface area contributed by atoms with Crippen LogP contribution in [0, 0.1) is 5.92 Å². The van der Waals surface area contributed by atoms with Gasteiger partial charge in [-0.1, -0.05) is 38.1 Å². The zero-order valence-corrected chi connectivity index (χ0v) is 18.2. The summed E-state index contributed by atoms with van der Waals surface area (Å²) < 4.78 is 0. The van der Waals surface area contributed by atoms with Gasteiger partial charge in [-0.15, -0.1) is 0 Å². The molecule has 0 aliphatic heterocycles. The average Bonchev–Trinajstić information content (AvgIpc) is 2.68. The molecule has 2 amide bonds. The number of hydrogen-bond donors (Lipinski definition) is 5. The van der Waals surface area contributed by atoms with Crippen molar-refractivity contribution in [2.24, 2.45) is 5.92 Å². The second kappa shape index (κ2) is 12.3. The molecule has 0 aromatic carbocycles. The maximum absolute atomic E-state index is 12.7. The largest absolute Gasteiger partial charge is 0.475 e. The van der Waals surface area contributed by atoms with E-state index in [1.165, 1.54) is 13.0 Å². The number of nitrogens with one attached hydrogen (secondary N) is 2. The standard InChI is InChI=1S/C21H32BN3O5/c1-6-9-15(7-2)16-10-8-11-17(23-16)20(27)25-19(14(5)26)21(28)24-18(22(29)30)12-13(3)4/h6-11,13-14,18-19,26,29-30H,12H2,1-5H3,(H,24,28)(H,25,27). The number of aromatic nitrogens is 1. The van der Waals surface area contributed by atoms with Gasteiger partial charge >= 0.3 is 7.12 Å². The van der Waals surface area contributed by atoms with Crippen LogP contribution in [-0.2, 0) is 4.79 Å². The molecule has 5 N–H and O–H groups in total. The monoisotopic (exact) mass is 417 g/mol. The maximum atomic E-state index is 12.7. The van der Waals surface area contributed by atoms with Crippen LogP contribution in [0.5, 0.6) is 0 Å². The Labute approximate surface area is 178 Å². The summed E-state index contributed by atoms with van der Waals surface area (Å²) in [5, 5.41) is 34.0. The number of amides is 2. The van der Waals surface area contributed by atoms with Crippen molar-refractivity contribution in [3.8, 4) is 0 Å². The average molecular weight is 417 g/mol. The van der Waals surface area contributed by atoms with Gasteiger partial charge < -0.3 is 25.8 Å². The number of nitrogens with zero attached hydrogens (tertiary/aromatic N) is 1. The van der Waals surface area contributed by atoms with Crippen molar-refractivity contribution in [3.63, 3.8) is 0 Å². The molecule has 1 aromatic rings. The van der Waals surface area contributed by atoms with Crippen molar-refractivity contribution in [1.82, 2.24) is 15.6 Å². The smallest absolute Gasteiger partial charge is 0.426 e. The topological polar surface area (TPSA) is 132 Å². The summed E-state index contributed by atoms with van der Waals surface area (Å²) in [7, 11) is -1.76. The minimum Gasteiger partial charge on any atom is -0.426 e. The molecule has 0 radical (unpaired) electrons. The molecule has 1 aromatic heterocycles. The normalized spacial score (nSPS) is 15.0. The maximum Gasteiger partial charge on any atom is 0.475 e. The Bertz CT molecular complexity index is 778. The van der Waals surface area contributed by atoms with Gasteiger partial charge in [0.1, 0.15) is 11.7 Å². The Balaban J connectivity index is 3.01. The first-order chi connectivity index (χ1) is 14.1. The molecule has 3 atom stereocenters. The molecule has 1 rings (SSSR count). The fourth-order valence-electron chi connectivity index (χ4n) is 2.89. The molecule has 1 heterocycles. The number of pyridine rings is 1. The van der Waals surface area contributed by atoms with Crippen LogP contribution in [0.25, 0.3) is 5.57 Å². The third-order valence-electron chi connectivity index (χ3n) is 4.40. The summed E-state index contributed by atoms with van der Waals surface area (Å²) in [4.78, 5) is 29.6. The van der Waals surface area contributed by atoms with E-state index in [4.69, 9.17) is 0 Å². The summed E-state index contributed by atoms with van der Waals surface area (Å²) in [6, 6.07) is 3.68. The predicted octanol–water partition coefficient (Wildman–Crippen LogP) is 1.08. The molecule has 164 valence electrons. The van der Waals surface area contributed by atoms with Gasteiger partial charge in [0.2, 0.25) is 5.91 Å². The van der Waals surface area contributed by atoms with Crippen LogP contribution in [0.4, 0.5) is 0 Å². The van der Waals surface area contributed by atoms with Crippen LogP contribution < -0.4 is 10.6 Å². The Morgan fingerprint density at radius 2 is 1.77 bits per heavy atom. The third-order valence-corrected chi connectivity index (χ3v) is 4.40. The van der Waals surface area contributed by atoms with Crippen molar-refractivity contribution in [1.29, 1.82) is 0 Å². The zero-order valence-electron chi connectivity index (χ0n) is 18.2. The number of hydrogen-bond acceptors (Lipinski definition) is 6. The van der Waals surface area contributed by atoms with Crippen LogP contribution in [0.1, 0.15) is 57.2 Å². The molecule has 0 aliphatic rings. The molecule has 0 saturated carbocycles. The van der Waals surface area contributed by atoms with Crippen molar-refractivity contribution >= 4 is 24.5 Å². The van der Waals surface area contributed by atoms with Gasteiger partial charge in [0.05, 0.1) is 17.7 Å². The fourth-order valence-corrected chi connectivity index (χ4v) is 2.89. The number of allylic oxidation sites excluding steroid dienone is 4. The highest BCUT2D eigenvalue weighted by molar-refractivity contribution is 6.43. The second-order valence-corrected chi connectivity index (χ2v) is 7.50. The predicted molar refractivity (Wildman–Crippen MR) is 117 cm³/mol. The van der Waals surface area contributed by atoms with E-state index in [1.54, 1.807) is 12.1 Å². The minimum absolute atomic E-state index is 0.0933. The summed E-state index contributed by atoms with van der Waals surface area (Å²) in [5.74, 6) is -2.16. The van der Waals surface area contributed by atoms with E-state index in [0.717, 1.165) is 5.57 Å². The number of aliphatic hydroxyl groups excluding tert-OH is 1. The highest BCUT2D eigenvalue weighted by Gasteiger charge is 2.32. The van der Waals surface area contributed by atoms with Crippen LogP contribution in [0.3, 0.4) is 0 Å². The van der Waals surface area contributed by atoms with Gasteiger partial charge in [-0.2, -0.15) is 0 Å². The molecule has 0 aliphatic carbocycles. The summed E-state index contributed by atoms with van der Waals surface area (Å²) >= 11 is 0. The van der Waals surface area contributed by atoms with Gasteiger partial charge in [-0.3, -0.25) is 9.59 Å². The molecular formula is C21H32BN3O5. The van der Waals surface area contributed by atoms with Crippen LogP contribution in [-0.4, -0.2) is 57.2 Å². The lowest BCUT2D eigenvalue weighted by Crippen LogP contribution is -2.57. The minimum atomic E-state index is -1.76. The van der Waals surface area contributed by atoms with Crippen LogP contribution in [0.2, 0.25) is 0 Å². The van der Waals surface area contributed by atoms with Gasteiger partial charge in [-0.05, 0) is 50.8 Å². The van der Waals surface area contributed by atoms with Gasteiger partial charge in [-0.25, -0.2) is 4.98 Å². The number of aliphatic hydroxyl groups is 1. The molecular weight excluding hydrogens is 385 g/mol. The van der Waals surface area contributed by atoms with Crippen molar-refractivity contribution in [2.45, 2.75) is 59.1 Å². The summed E-state index contributed by atoms with van der Waals surface area (Å²) in [5.41, 5.74) is 1.53. The first-order valence-corrected chi connectivity index (χ1v) is 10.0. The molecule has 30 heavy (non-hydrogen) atoms. The fraction of sp³-hybridized carbons (Fsp3) is 0.476. The van der Waals surface area contributed by atoms with E-state index >= 15 is 0 Å². The lowest BCUT2D eigenvalue weighted by atomic mass is 9.75. The van der Waals surface area contributed by atoms with Crippen molar-refractivity contribution in [2.75, 3.05) is 0 Å². The van der Waals surface area contributed by atoms with Crippen LogP contribution >= 0.6 is 0 Å². The first-order valence-electron chi connectivity index (χ1n) is 10.0. The van der Waals surface area contributed by atoms with Crippen LogP contribution in [0.15, 0.2) is 36.4 Å². The summed E-state index contributed by atoms with van der Waals surface area (Å²) in [6.07, 6.45) is 4.71. The van der Waals surface area contributed by atoms with E-state index in [-0.39, 0.29) is 11.6 Å². The number of carbonyl (C=O) groups is 2. The van der Waals surface area contributed by atoms with E-state index in [2.05, 4.69) is 15.6 Å². The molecule has 8 nitrogen and oxygen atoms in total. The Morgan fingerprint density at radius 3 is 2.27 bits per heavy atom. The highest BCUT2D eigenvalue weighted by Crippen LogP contribution is 2.14. The molecule has 0 spiro atoms. The molecule has 9 heteroatoms. The number of rotatable bonds is 10. The Hall–Kier alpha value is -2.49. The lowest BCUT2D eigenvalue weighted by molar-refractivity contribution is -0.125. The van der Waals surface area contributed by atoms with Crippen molar-refractivity contribution in [3.05, 3.63) is 47.8 Å². The van der Waals surface area contributed by atoms with E-state index in [0.29, 0.717) is 12.1 Å². The highest BCUT2D eigenvalue weighted by atomic mass is 16.4. The van der Waals surface area contributed by atoms with Gasteiger partial charge in [0.15, 0.2) is 0 Å². The van der Waals surface area contributed by atoms with Gasteiger partial charge in [0, 0.05) is 0 Å². The molecule has 3 unspecified atom stereocenters. The van der Waals surface area contributed by atoms with E-state index in [9.17, 15) is 24.7 Å². The lowest BCUT2D eigenvalue weighted by Gasteiger charge is -2.25. The summed E-state index contributed by atoms with van der Waals surface area (Å²) in [6.45, 7) is 8.86.